The standard InChI is InChI=1S/C12H15NO/c1-2-4-10(5-3-1)12-6-7-13-8-11(12)9-14-12/h1-5,11,13H,6-9H2. The molecule has 2 heterocycles. The van der Waals surface area contributed by atoms with Crippen molar-refractivity contribution in [3.8, 4) is 0 Å². The van der Waals surface area contributed by atoms with Crippen molar-refractivity contribution in [1.82, 2.24) is 5.32 Å². The average molecular weight is 189 g/mol. The van der Waals surface area contributed by atoms with Gasteiger partial charge in [0.05, 0.1) is 6.61 Å². The van der Waals surface area contributed by atoms with Gasteiger partial charge in [-0.25, -0.2) is 0 Å². The van der Waals surface area contributed by atoms with Gasteiger partial charge < -0.3 is 10.1 Å². The molecule has 0 radical (unpaired) electrons. The maximum absolute atomic E-state index is 5.87. The molecule has 14 heavy (non-hydrogen) atoms. The molecule has 2 atom stereocenters. The van der Waals surface area contributed by atoms with E-state index in [1.54, 1.807) is 0 Å². The van der Waals surface area contributed by atoms with Gasteiger partial charge in [0.25, 0.3) is 0 Å². The molecule has 2 aliphatic rings. The first-order valence-electron chi connectivity index (χ1n) is 5.32. The molecule has 2 heteroatoms. The molecule has 1 aromatic rings. The van der Waals surface area contributed by atoms with Crippen LogP contribution in [-0.4, -0.2) is 19.7 Å². The second kappa shape index (κ2) is 3.07. The maximum Gasteiger partial charge on any atom is 0.101 e. The second-order valence-corrected chi connectivity index (χ2v) is 4.22. The molecule has 2 nitrogen and oxygen atoms in total. The molecule has 0 amide bonds. The highest BCUT2D eigenvalue weighted by Gasteiger charge is 2.50. The van der Waals surface area contributed by atoms with Gasteiger partial charge in [0, 0.05) is 12.5 Å². The third kappa shape index (κ3) is 1.04. The summed E-state index contributed by atoms with van der Waals surface area (Å²) in [5.74, 6) is 0.679. The molecule has 2 fully saturated rings. The van der Waals surface area contributed by atoms with Crippen molar-refractivity contribution in [2.75, 3.05) is 19.7 Å². The van der Waals surface area contributed by atoms with Crippen LogP contribution in [0.5, 0.6) is 0 Å². The van der Waals surface area contributed by atoms with Crippen molar-refractivity contribution < 1.29 is 4.74 Å². The summed E-state index contributed by atoms with van der Waals surface area (Å²) in [5.41, 5.74) is 1.41. The van der Waals surface area contributed by atoms with Crippen molar-refractivity contribution in [1.29, 1.82) is 0 Å². The fourth-order valence-electron chi connectivity index (χ4n) is 2.64. The van der Waals surface area contributed by atoms with Gasteiger partial charge in [-0.3, -0.25) is 0 Å². The lowest BCUT2D eigenvalue weighted by atomic mass is 9.73. The van der Waals surface area contributed by atoms with E-state index >= 15 is 0 Å². The van der Waals surface area contributed by atoms with E-state index in [9.17, 15) is 0 Å². The van der Waals surface area contributed by atoms with Crippen molar-refractivity contribution in [3.63, 3.8) is 0 Å². The van der Waals surface area contributed by atoms with Gasteiger partial charge in [-0.1, -0.05) is 30.3 Å². The van der Waals surface area contributed by atoms with Crippen LogP contribution < -0.4 is 5.32 Å². The second-order valence-electron chi connectivity index (χ2n) is 4.22. The van der Waals surface area contributed by atoms with Crippen LogP contribution in [0, 0.1) is 5.92 Å². The Morgan fingerprint density at radius 3 is 2.79 bits per heavy atom. The minimum atomic E-state index is 0.0481. The largest absolute Gasteiger partial charge is 0.369 e. The van der Waals surface area contributed by atoms with Gasteiger partial charge in [-0.15, -0.1) is 0 Å². The summed E-state index contributed by atoms with van der Waals surface area (Å²) in [6, 6.07) is 10.7. The number of fused-ring (bicyclic) bond motifs is 1. The molecule has 0 saturated carbocycles. The lowest BCUT2D eigenvalue weighted by Gasteiger charge is -2.52. The summed E-state index contributed by atoms with van der Waals surface area (Å²) in [7, 11) is 0. The topological polar surface area (TPSA) is 21.3 Å². The fraction of sp³-hybridized carbons (Fsp3) is 0.500. The van der Waals surface area contributed by atoms with Crippen molar-refractivity contribution in [3.05, 3.63) is 35.9 Å². The molecule has 0 aromatic heterocycles. The predicted molar refractivity (Wildman–Crippen MR) is 55.0 cm³/mol. The maximum atomic E-state index is 5.87. The molecule has 1 N–H and O–H groups in total. The Morgan fingerprint density at radius 1 is 1.29 bits per heavy atom. The Balaban J connectivity index is 1.96. The zero-order valence-corrected chi connectivity index (χ0v) is 8.20. The zero-order valence-electron chi connectivity index (χ0n) is 8.20. The van der Waals surface area contributed by atoms with Gasteiger partial charge in [0.2, 0.25) is 0 Å². The highest BCUT2D eigenvalue weighted by Crippen LogP contribution is 2.46. The monoisotopic (exact) mass is 189 g/mol. The van der Waals surface area contributed by atoms with Crippen molar-refractivity contribution in [2.24, 2.45) is 5.92 Å². The normalized spacial score (nSPS) is 35.9. The van der Waals surface area contributed by atoms with E-state index in [0.717, 1.165) is 26.1 Å². The molecular formula is C12H15NO. The van der Waals surface area contributed by atoms with Crippen LogP contribution in [0.3, 0.4) is 0 Å². The quantitative estimate of drug-likeness (QED) is 0.723. The molecular weight excluding hydrogens is 174 g/mol. The minimum absolute atomic E-state index is 0.0481. The number of piperidine rings is 1. The van der Waals surface area contributed by atoms with E-state index in [1.807, 2.05) is 0 Å². The van der Waals surface area contributed by atoms with E-state index < -0.39 is 0 Å². The molecule has 2 aliphatic heterocycles. The van der Waals surface area contributed by atoms with Crippen molar-refractivity contribution >= 4 is 0 Å². The van der Waals surface area contributed by atoms with Crippen LogP contribution >= 0.6 is 0 Å². The van der Waals surface area contributed by atoms with E-state index in [1.165, 1.54) is 5.56 Å². The zero-order chi connectivity index (χ0) is 9.43. The van der Waals surface area contributed by atoms with Crippen LogP contribution in [0.15, 0.2) is 30.3 Å². The summed E-state index contributed by atoms with van der Waals surface area (Å²) >= 11 is 0. The number of hydrogen-bond donors (Lipinski definition) is 1. The summed E-state index contributed by atoms with van der Waals surface area (Å²) in [6.45, 7) is 3.10. The van der Waals surface area contributed by atoms with Gasteiger partial charge >= 0.3 is 0 Å². The summed E-state index contributed by atoms with van der Waals surface area (Å²) < 4.78 is 5.87. The number of nitrogens with one attached hydrogen (secondary N) is 1. The molecule has 0 aliphatic carbocycles. The molecule has 1 aromatic carbocycles. The first-order chi connectivity index (χ1) is 6.92. The van der Waals surface area contributed by atoms with Crippen LogP contribution in [0.1, 0.15) is 12.0 Å². The van der Waals surface area contributed by atoms with Gasteiger partial charge in [0.15, 0.2) is 0 Å². The first kappa shape index (κ1) is 8.45. The first-order valence-corrected chi connectivity index (χ1v) is 5.32. The number of hydrogen-bond acceptors (Lipinski definition) is 2. The third-order valence-electron chi connectivity index (χ3n) is 3.53. The van der Waals surface area contributed by atoms with Crippen LogP contribution in [0.2, 0.25) is 0 Å². The van der Waals surface area contributed by atoms with E-state index in [2.05, 4.69) is 35.6 Å². The number of ether oxygens (including phenoxy) is 1. The minimum Gasteiger partial charge on any atom is -0.369 e. The SMILES string of the molecule is c1ccc(C23CCNCC2CO3)cc1. The van der Waals surface area contributed by atoms with Gasteiger partial charge in [-0.2, -0.15) is 0 Å². The lowest BCUT2D eigenvalue weighted by molar-refractivity contribution is -0.224. The average Bonchev–Trinajstić information content (AvgIpc) is 2.22. The number of rotatable bonds is 1. The molecule has 2 unspecified atom stereocenters. The van der Waals surface area contributed by atoms with Crippen LogP contribution in [0.4, 0.5) is 0 Å². The van der Waals surface area contributed by atoms with E-state index in [-0.39, 0.29) is 5.60 Å². The van der Waals surface area contributed by atoms with Gasteiger partial charge in [-0.05, 0) is 18.5 Å². The molecule has 3 rings (SSSR count). The Hall–Kier alpha value is -0.860. The lowest BCUT2D eigenvalue weighted by Crippen LogP contribution is -2.59. The highest BCUT2D eigenvalue weighted by molar-refractivity contribution is 5.27. The van der Waals surface area contributed by atoms with E-state index in [0.29, 0.717) is 5.92 Å². The Kier molecular flexibility index (Phi) is 1.85. The highest BCUT2D eigenvalue weighted by atomic mass is 16.5. The summed E-state index contributed by atoms with van der Waals surface area (Å²) in [4.78, 5) is 0. The van der Waals surface area contributed by atoms with Crippen LogP contribution in [-0.2, 0) is 10.3 Å². The Labute approximate surface area is 84.3 Å². The van der Waals surface area contributed by atoms with Crippen LogP contribution in [0.25, 0.3) is 0 Å². The smallest absolute Gasteiger partial charge is 0.101 e. The van der Waals surface area contributed by atoms with E-state index in [4.69, 9.17) is 4.74 Å². The summed E-state index contributed by atoms with van der Waals surface area (Å²) in [6.07, 6.45) is 1.11. The molecule has 2 saturated heterocycles. The molecule has 0 spiro atoms. The van der Waals surface area contributed by atoms with Gasteiger partial charge in [0.1, 0.15) is 5.60 Å². The molecule has 0 bridgehead atoms. The summed E-state index contributed by atoms with van der Waals surface area (Å²) in [5, 5.41) is 3.43. The third-order valence-corrected chi connectivity index (χ3v) is 3.53. The Morgan fingerprint density at radius 2 is 2.14 bits per heavy atom. The Bertz CT molecular complexity index is 324. The molecule has 74 valence electrons. The fourth-order valence-corrected chi connectivity index (χ4v) is 2.64. The van der Waals surface area contributed by atoms with Crippen molar-refractivity contribution in [2.45, 2.75) is 12.0 Å². The predicted octanol–water partition coefficient (Wildman–Crippen LogP) is 1.52. The number of benzene rings is 1.